The number of rotatable bonds is 8. The molecule has 0 saturated heterocycles. The predicted molar refractivity (Wildman–Crippen MR) is 120 cm³/mol. The Morgan fingerprint density at radius 2 is 1.77 bits per heavy atom. The third-order valence-electron chi connectivity index (χ3n) is 5.44. The number of nitrogens with zero attached hydrogens (tertiary/aromatic N) is 5. The van der Waals surface area contributed by atoms with Crippen molar-refractivity contribution in [1.29, 1.82) is 0 Å². The van der Waals surface area contributed by atoms with Crippen molar-refractivity contribution in [2.24, 2.45) is 14.1 Å². The second kappa shape index (κ2) is 8.67. The number of fused-ring (bicyclic) bond motifs is 1. The SMILES string of the molecule is CCN(CC)S(=O)(=O)c1ccc(C)c(NCCn2cnc3c2c(=O)n(C)c(=O)n3C)c1. The Bertz CT molecular complexity index is 1330. The number of aryl methyl sites for hydroxylation is 2. The second-order valence-corrected chi connectivity index (χ2v) is 9.25. The Balaban J connectivity index is 1.85. The zero-order valence-electron chi connectivity index (χ0n) is 18.4. The van der Waals surface area contributed by atoms with Crippen molar-refractivity contribution < 1.29 is 8.42 Å². The molecular formula is C20H28N6O4S. The number of anilines is 1. The van der Waals surface area contributed by atoms with Gasteiger partial charge in [0.25, 0.3) is 5.56 Å². The van der Waals surface area contributed by atoms with Crippen molar-refractivity contribution >= 4 is 26.9 Å². The van der Waals surface area contributed by atoms with E-state index in [9.17, 15) is 18.0 Å². The minimum atomic E-state index is -3.56. The summed E-state index contributed by atoms with van der Waals surface area (Å²) in [6.45, 7) is 7.17. The third kappa shape index (κ3) is 4.02. The lowest BCUT2D eigenvalue weighted by molar-refractivity contribution is 0.445. The van der Waals surface area contributed by atoms with Crippen LogP contribution in [0.1, 0.15) is 19.4 Å². The first-order valence-corrected chi connectivity index (χ1v) is 11.5. The fraction of sp³-hybridized carbons (Fsp3) is 0.450. The van der Waals surface area contributed by atoms with E-state index < -0.39 is 21.3 Å². The van der Waals surface area contributed by atoms with Gasteiger partial charge in [-0.3, -0.25) is 13.9 Å². The van der Waals surface area contributed by atoms with E-state index in [2.05, 4.69) is 10.3 Å². The summed E-state index contributed by atoms with van der Waals surface area (Å²) in [5.41, 5.74) is 1.46. The first kappa shape index (κ1) is 22.8. The molecule has 3 rings (SSSR count). The summed E-state index contributed by atoms with van der Waals surface area (Å²) in [6, 6.07) is 5.02. The average molecular weight is 449 g/mol. The highest BCUT2D eigenvalue weighted by Gasteiger charge is 2.22. The van der Waals surface area contributed by atoms with Gasteiger partial charge in [0.15, 0.2) is 11.2 Å². The summed E-state index contributed by atoms with van der Waals surface area (Å²) in [4.78, 5) is 29.1. The number of hydrogen-bond donors (Lipinski definition) is 1. The van der Waals surface area contributed by atoms with E-state index in [4.69, 9.17) is 0 Å². The lowest BCUT2D eigenvalue weighted by atomic mass is 10.2. The Labute approximate surface area is 180 Å². The van der Waals surface area contributed by atoms with E-state index in [0.717, 1.165) is 10.1 Å². The molecule has 11 heteroatoms. The smallest absolute Gasteiger partial charge is 0.332 e. The zero-order chi connectivity index (χ0) is 22.9. The van der Waals surface area contributed by atoms with Crippen LogP contribution in [0.5, 0.6) is 0 Å². The minimum Gasteiger partial charge on any atom is -0.383 e. The molecule has 10 nitrogen and oxygen atoms in total. The molecule has 1 aromatic carbocycles. The van der Waals surface area contributed by atoms with Crippen molar-refractivity contribution in [2.45, 2.75) is 32.2 Å². The van der Waals surface area contributed by atoms with Gasteiger partial charge < -0.3 is 9.88 Å². The molecule has 31 heavy (non-hydrogen) atoms. The Morgan fingerprint density at radius 3 is 2.42 bits per heavy atom. The quantitative estimate of drug-likeness (QED) is 0.548. The van der Waals surface area contributed by atoms with Gasteiger partial charge in [-0.15, -0.1) is 0 Å². The Hall–Kier alpha value is -2.92. The third-order valence-corrected chi connectivity index (χ3v) is 7.48. The van der Waals surface area contributed by atoms with Crippen molar-refractivity contribution in [3.8, 4) is 0 Å². The zero-order valence-corrected chi connectivity index (χ0v) is 19.2. The van der Waals surface area contributed by atoms with E-state index in [1.807, 2.05) is 20.8 Å². The lowest BCUT2D eigenvalue weighted by Gasteiger charge is -2.19. The van der Waals surface area contributed by atoms with Gasteiger partial charge in [0.1, 0.15) is 0 Å². The first-order valence-electron chi connectivity index (χ1n) is 10.1. The van der Waals surface area contributed by atoms with Crippen molar-refractivity contribution in [2.75, 3.05) is 25.0 Å². The van der Waals surface area contributed by atoms with Crippen molar-refractivity contribution in [3.05, 3.63) is 50.9 Å². The van der Waals surface area contributed by atoms with Crippen LogP contribution in [0.3, 0.4) is 0 Å². The van der Waals surface area contributed by atoms with Crippen LogP contribution in [-0.4, -0.2) is 51.0 Å². The van der Waals surface area contributed by atoms with Crippen LogP contribution < -0.4 is 16.6 Å². The number of nitrogens with one attached hydrogen (secondary N) is 1. The Kier molecular flexibility index (Phi) is 6.37. The molecular weight excluding hydrogens is 420 g/mol. The van der Waals surface area contributed by atoms with Crippen LogP contribution in [-0.2, 0) is 30.7 Å². The molecule has 3 aromatic rings. The normalized spacial score (nSPS) is 12.1. The number of sulfonamides is 1. The van der Waals surface area contributed by atoms with Crippen molar-refractivity contribution in [1.82, 2.24) is 23.0 Å². The highest BCUT2D eigenvalue weighted by atomic mass is 32.2. The molecule has 0 aliphatic rings. The Morgan fingerprint density at radius 1 is 1.10 bits per heavy atom. The predicted octanol–water partition coefficient (Wildman–Crippen LogP) is 0.885. The average Bonchev–Trinajstić information content (AvgIpc) is 3.16. The maximum absolute atomic E-state index is 12.8. The topological polar surface area (TPSA) is 111 Å². The highest BCUT2D eigenvalue weighted by molar-refractivity contribution is 7.89. The summed E-state index contributed by atoms with van der Waals surface area (Å²) < 4.78 is 31.1. The van der Waals surface area contributed by atoms with Gasteiger partial charge in [0.05, 0.1) is 11.2 Å². The number of benzene rings is 1. The summed E-state index contributed by atoms with van der Waals surface area (Å²) in [6.07, 6.45) is 1.53. The van der Waals surface area contributed by atoms with E-state index in [1.54, 1.807) is 29.8 Å². The minimum absolute atomic E-state index is 0.237. The fourth-order valence-electron chi connectivity index (χ4n) is 3.54. The van der Waals surface area contributed by atoms with Crippen LogP contribution in [0.2, 0.25) is 0 Å². The molecule has 0 saturated carbocycles. The number of imidazole rings is 1. The van der Waals surface area contributed by atoms with Gasteiger partial charge in [0.2, 0.25) is 10.0 Å². The summed E-state index contributed by atoms with van der Waals surface area (Å²) in [5, 5.41) is 3.25. The molecule has 1 N–H and O–H groups in total. The van der Waals surface area contributed by atoms with Gasteiger partial charge in [-0.2, -0.15) is 4.31 Å². The maximum Gasteiger partial charge on any atom is 0.332 e. The molecule has 0 aliphatic carbocycles. The molecule has 0 spiro atoms. The van der Waals surface area contributed by atoms with Gasteiger partial charge in [-0.1, -0.05) is 19.9 Å². The maximum atomic E-state index is 12.8. The summed E-state index contributed by atoms with van der Waals surface area (Å²) in [7, 11) is -0.545. The lowest BCUT2D eigenvalue weighted by Crippen LogP contribution is -2.37. The van der Waals surface area contributed by atoms with Crippen LogP contribution >= 0.6 is 0 Å². The van der Waals surface area contributed by atoms with E-state index in [1.165, 1.54) is 22.2 Å². The molecule has 2 aromatic heterocycles. The van der Waals surface area contributed by atoms with Crippen molar-refractivity contribution in [3.63, 3.8) is 0 Å². The molecule has 0 fully saturated rings. The number of aromatic nitrogens is 4. The van der Waals surface area contributed by atoms with Crippen LogP contribution in [0.25, 0.3) is 11.2 Å². The van der Waals surface area contributed by atoms with E-state index >= 15 is 0 Å². The van der Waals surface area contributed by atoms with E-state index in [-0.39, 0.29) is 4.90 Å². The summed E-state index contributed by atoms with van der Waals surface area (Å²) >= 11 is 0. The number of hydrogen-bond acceptors (Lipinski definition) is 6. The van der Waals surface area contributed by atoms with Crippen LogP contribution in [0.4, 0.5) is 5.69 Å². The van der Waals surface area contributed by atoms with Gasteiger partial charge >= 0.3 is 5.69 Å². The van der Waals surface area contributed by atoms with Gasteiger partial charge in [-0.25, -0.2) is 18.2 Å². The summed E-state index contributed by atoms with van der Waals surface area (Å²) in [5.74, 6) is 0. The second-order valence-electron chi connectivity index (χ2n) is 7.31. The van der Waals surface area contributed by atoms with Crippen LogP contribution in [0.15, 0.2) is 39.0 Å². The fourth-order valence-corrected chi connectivity index (χ4v) is 5.03. The molecule has 0 radical (unpaired) electrons. The molecule has 0 atom stereocenters. The monoisotopic (exact) mass is 448 g/mol. The van der Waals surface area contributed by atoms with E-state index in [0.29, 0.717) is 43.0 Å². The molecule has 168 valence electrons. The highest BCUT2D eigenvalue weighted by Crippen LogP contribution is 2.23. The molecule has 0 amide bonds. The first-order chi connectivity index (χ1) is 14.6. The van der Waals surface area contributed by atoms with Crippen LogP contribution in [0, 0.1) is 6.92 Å². The largest absolute Gasteiger partial charge is 0.383 e. The molecule has 2 heterocycles. The van der Waals surface area contributed by atoms with Gasteiger partial charge in [-0.05, 0) is 24.6 Å². The standard InChI is InChI=1S/C20H28N6O4S/c1-6-26(7-2)31(29,30)15-9-8-14(3)16(12-15)21-10-11-25-13-22-18-17(25)19(27)24(5)20(28)23(18)4/h8-9,12-13,21H,6-7,10-11H2,1-5H3. The molecule has 0 unspecified atom stereocenters. The van der Waals surface area contributed by atoms with Gasteiger partial charge in [0, 0.05) is 46.0 Å². The molecule has 0 bridgehead atoms. The molecule has 0 aliphatic heterocycles.